The molecule has 2 fully saturated rings. The number of carboxylic acid groups (broad SMARTS) is 7. The van der Waals surface area contributed by atoms with Gasteiger partial charge in [0.05, 0.1) is 26.2 Å². The Morgan fingerprint density at radius 1 is 0.537 bits per heavy atom. The molecular weight excluding hydrogens is 1240 g/mol. The average molecular weight is 1320 g/mol. The summed E-state index contributed by atoms with van der Waals surface area (Å²) in [5, 5.41) is 73.8. The van der Waals surface area contributed by atoms with Crippen LogP contribution in [0.3, 0.4) is 0 Å². The number of likely N-dealkylation sites (N-methyl/N-ethyl adjacent to an activating group) is 1. The van der Waals surface area contributed by atoms with E-state index < -0.39 is 72.4 Å². The van der Waals surface area contributed by atoms with Crippen molar-refractivity contribution in [1.29, 1.82) is 0 Å². The number of carbonyl (C=O) groups is 9. The summed E-state index contributed by atoms with van der Waals surface area (Å²) in [4.78, 5) is 132. The quantitative estimate of drug-likeness (QED) is 0.0422. The van der Waals surface area contributed by atoms with Crippen molar-refractivity contribution in [2.45, 2.75) is 114 Å². The van der Waals surface area contributed by atoms with Gasteiger partial charge in [-0.3, -0.25) is 48.4 Å². The SMILES string of the molecule is CN1CCN(c2nc(CCCCCCCCC(=O)NCCCC[C@H](NC(=O)N[C@@H](CCC(=O)O)C(=O)O)C(=O)O)nc(Cc3ccc(CC4CN(CC(=O)O)CCN(CC(=O)O)CCN(CC(=O)O)CCN4CC(=O)O)cc3)n2)CC1.[Lu]. The summed E-state index contributed by atoms with van der Waals surface area (Å²) < 4.78 is 0. The van der Waals surface area contributed by atoms with Crippen LogP contribution in [0.5, 0.6) is 0 Å². The number of aromatic nitrogens is 3. The number of carboxylic acids is 7. The van der Waals surface area contributed by atoms with E-state index in [0.29, 0.717) is 69.1 Å². The van der Waals surface area contributed by atoms with Crippen LogP contribution in [0.2, 0.25) is 0 Å². The van der Waals surface area contributed by atoms with E-state index >= 15 is 0 Å². The van der Waals surface area contributed by atoms with Crippen LogP contribution in [0.25, 0.3) is 0 Å². The van der Waals surface area contributed by atoms with Gasteiger partial charge in [0.25, 0.3) is 0 Å². The Hall–Kier alpha value is -5.91. The predicted octanol–water partition coefficient (Wildman–Crippen LogP) is 0.315. The molecular formula is C53H82LuN12O16. The van der Waals surface area contributed by atoms with Crippen LogP contribution in [-0.2, 0) is 57.6 Å². The fourth-order valence-corrected chi connectivity index (χ4v) is 9.60. The van der Waals surface area contributed by atoms with Gasteiger partial charge in [-0.25, -0.2) is 19.4 Å². The molecule has 0 saturated carbocycles. The summed E-state index contributed by atoms with van der Waals surface area (Å²) >= 11 is 0. The number of amides is 3. The monoisotopic (exact) mass is 1320 g/mol. The van der Waals surface area contributed by atoms with Crippen LogP contribution < -0.4 is 20.9 Å². The minimum Gasteiger partial charge on any atom is -0.481 e. The number of carbonyl (C=O) groups excluding carboxylic acids is 2. The maximum atomic E-state index is 12.5. The number of aryl methyl sites for hydroxylation is 1. The van der Waals surface area contributed by atoms with Crippen LogP contribution in [0.1, 0.15) is 99.8 Å². The largest absolute Gasteiger partial charge is 0.481 e. The Morgan fingerprint density at radius 3 is 1.62 bits per heavy atom. The Bertz CT molecular complexity index is 2380. The molecule has 82 heavy (non-hydrogen) atoms. The second-order valence-electron chi connectivity index (χ2n) is 20.7. The van der Waals surface area contributed by atoms with Gasteiger partial charge in [-0.05, 0) is 63.1 Å². The fraction of sp³-hybridized carbons (Fsp3) is 0.660. The summed E-state index contributed by atoms with van der Waals surface area (Å²) in [6.07, 6.45) is 6.91. The van der Waals surface area contributed by atoms with Gasteiger partial charge in [-0.2, -0.15) is 9.97 Å². The number of nitrogens with zero attached hydrogens (tertiary/aromatic N) is 9. The minimum absolute atomic E-state index is 0. The standard InChI is InChI=1S/C53H82N12O16.Lu/c1-60-20-27-64(28-21-60)52-58-42(11-6-4-2-3-5-7-12-44(66)54-19-9-8-10-40(50(77)78)55-53(81)56-41(51(79)80)17-18-45(67)68)57-43(59-52)31-38-15-13-37(14-16-38)30-39-32-63(35-48(73)74)25-24-61(33-46(69)70)22-23-62(34-47(71)72)26-29-65(39)36-49(75)76;/h13-16,39-41H,2-12,17-36H2,1H3,(H,54,66)(H,67,68)(H,69,70)(H,71,72)(H,73,74)(H,75,76)(H,77,78)(H,79,80)(H2,55,56,81);/t39?,40-,41-;/m0./s1. The number of aliphatic carboxylic acids is 7. The summed E-state index contributed by atoms with van der Waals surface area (Å²) in [5.41, 5.74) is 1.79. The summed E-state index contributed by atoms with van der Waals surface area (Å²) in [5.74, 6) is -6.51. The van der Waals surface area contributed by atoms with Crippen LogP contribution >= 0.6 is 0 Å². The van der Waals surface area contributed by atoms with Crippen molar-refractivity contribution in [3.05, 3.63) is 47.0 Å². The first-order chi connectivity index (χ1) is 38.6. The average Bonchev–Trinajstić information content (AvgIpc) is 3.40. The molecule has 10 N–H and O–H groups in total. The van der Waals surface area contributed by atoms with Gasteiger partial charge in [-0.15, -0.1) is 0 Å². The topological polar surface area (TPSA) is 389 Å². The van der Waals surface area contributed by atoms with Crippen molar-refractivity contribution in [3.8, 4) is 0 Å². The van der Waals surface area contributed by atoms with Crippen molar-refractivity contribution in [3.63, 3.8) is 0 Å². The molecule has 0 bridgehead atoms. The van der Waals surface area contributed by atoms with E-state index in [1.807, 2.05) is 24.3 Å². The number of rotatable bonds is 34. The van der Waals surface area contributed by atoms with E-state index in [-0.39, 0.29) is 128 Å². The first-order valence-corrected chi connectivity index (χ1v) is 27.7. The first kappa shape index (κ1) is 70.4. The van der Waals surface area contributed by atoms with Crippen LogP contribution in [0.4, 0.5) is 10.7 Å². The number of urea groups is 1. The normalized spacial score (nSPS) is 17.0. The van der Waals surface area contributed by atoms with Crippen LogP contribution in [0, 0.1) is 36.9 Å². The summed E-state index contributed by atoms with van der Waals surface area (Å²) in [6.45, 7) is 3.55. The molecule has 465 valence electrons. The molecule has 28 nitrogen and oxygen atoms in total. The Kier molecular flexibility index (Phi) is 32.6. The summed E-state index contributed by atoms with van der Waals surface area (Å²) in [6, 6.07) is 3.45. The molecule has 1 unspecified atom stereocenters. The molecule has 2 saturated heterocycles. The number of hydrogen-bond donors (Lipinski definition) is 10. The number of unbranched alkanes of at least 4 members (excludes halogenated alkanes) is 6. The third-order valence-electron chi connectivity index (χ3n) is 14.1. The van der Waals surface area contributed by atoms with Gasteiger partial charge < -0.3 is 61.5 Å². The molecule has 3 amide bonds. The van der Waals surface area contributed by atoms with Crippen molar-refractivity contribution >= 4 is 59.7 Å². The second kappa shape index (κ2) is 38.0. The van der Waals surface area contributed by atoms with Crippen molar-refractivity contribution in [2.75, 3.05) is 117 Å². The number of benzene rings is 1. The fourth-order valence-electron chi connectivity index (χ4n) is 9.60. The third kappa shape index (κ3) is 28.9. The minimum atomic E-state index is -1.50. The van der Waals surface area contributed by atoms with E-state index in [0.717, 1.165) is 69.4 Å². The second-order valence-corrected chi connectivity index (χ2v) is 20.7. The van der Waals surface area contributed by atoms with Gasteiger partial charge >= 0.3 is 47.8 Å². The molecule has 4 rings (SSSR count). The Balaban J connectivity index is 0.0000176. The molecule has 1 radical (unpaired) electrons. The maximum Gasteiger partial charge on any atom is 0.326 e. The molecule has 2 aliphatic rings. The van der Waals surface area contributed by atoms with E-state index in [1.165, 1.54) is 0 Å². The smallest absolute Gasteiger partial charge is 0.326 e. The Morgan fingerprint density at radius 2 is 1.05 bits per heavy atom. The molecule has 29 heteroatoms. The molecule has 3 heterocycles. The van der Waals surface area contributed by atoms with Gasteiger partial charge in [0, 0.05) is 147 Å². The zero-order chi connectivity index (χ0) is 59.3. The molecule has 0 spiro atoms. The maximum absolute atomic E-state index is 12.5. The first-order valence-electron chi connectivity index (χ1n) is 27.7. The van der Waals surface area contributed by atoms with E-state index in [4.69, 9.17) is 20.1 Å². The van der Waals surface area contributed by atoms with Gasteiger partial charge in [-0.1, -0.05) is 49.9 Å². The Labute approximate surface area is 506 Å². The summed E-state index contributed by atoms with van der Waals surface area (Å²) in [7, 11) is 2.07. The van der Waals surface area contributed by atoms with E-state index in [1.54, 1.807) is 19.6 Å². The molecule has 1 aromatic heterocycles. The molecule has 1 aromatic carbocycles. The van der Waals surface area contributed by atoms with Crippen LogP contribution in [0.15, 0.2) is 24.3 Å². The van der Waals surface area contributed by atoms with Crippen molar-refractivity contribution in [1.82, 2.24) is 55.4 Å². The number of anilines is 1. The van der Waals surface area contributed by atoms with E-state index in [2.05, 4.69) is 32.8 Å². The zero-order valence-corrected chi connectivity index (χ0v) is 48.2. The zero-order valence-electron chi connectivity index (χ0n) is 46.5. The van der Waals surface area contributed by atoms with Crippen LogP contribution in [-0.4, -0.2) is 259 Å². The number of nitrogens with one attached hydrogen (secondary N) is 3. The van der Waals surface area contributed by atoms with Gasteiger partial charge in [0.2, 0.25) is 11.9 Å². The third-order valence-corrected chi connectivity index (χ3v) is 14.1. The molecule has 2 aromatic rings. The number of hydrogen-bond acceptors (Lipinski definition) is 18. The molecule has 2 aliphatic heterocycles. The van der Waals surface area contributed by atoms with Gasteiger partial charge in [0.1, 0.15) is 23.7 Å². The predicted molar refractivity (Wildman–Crippen MR) is 292 cm³/mol. The van der Waals surface area contributed by atoms with Crippen molar-refractivity contribution in [2.24, 2.45) is 0 Å². The number of piperazine rings is 1. The molecule has 0 aliphatic carbocycles. The van der Waals surface area contributed by atoms with E-state index in [9.17, 15) is 73.8 Å². The molecule has 3 atom stereocenters. The van der Waals surface area contributed by atoms with Crippen molar-refractivity contribution < 1.29 is 116 Å². The van der Waals surface area contributed by atoms with Gasteiger partial charge in [0.15, 0.2) is 0 Å².